The van der Waals surface area contributed by atoms with Crippen LogP contribution in [0.4, 0.5) is 5.13 Å². The topological polar surface area (TPSA) is 16.1 Å². The second-order valence-electron chi connectivity index (χ2n) is 5.00. The molecule has 16 heavy (non-hydrogen) atoms. The molecule has 2 bridgehead atoms. The van der Waals surface area contributed by atoms with Gasteiger partial charge in [-0.05, 0) is 39.5 Å². The van der Waals surface area contributed by atoms with E-state index in [1.807, 2.05) is 11.3 Å². The number of alkyl halides is 1. The Kier molecular flexibility index (Phi) is 2.63. The zero-order chi connectivity index (χ0) is 11.3. The third-order valence-electron chi connectivity index (χ3n) is 3.91. The largest absolute Gasteiger partial charge is 0.342 e. The molecular formula is C12H17ClN2S. The molecule has 0 radical (unpaired) electrons. The second kappa shape index (κ2) is 3.88. The first-order valence-electron chi connectivity index (χ1n) is 6.01. The van der Waals surface area contributed by atoms with Gasteiger partial charge in [0.1, 0.15) is 0 Å². The summed E-state index contributed by atoms with van der Waals surface area (Å²) in [6.07, 6.45) is 4.86. The van der Waals surface area contributed by atoms with Gasteiger partial charge in [0.05, 0.1) is 5.69 Å². The number of nitrogens with zero attached hydrogens (tertiary/aromatic N) is 2. The van der Waals surface area contributed by atoms with Gasteiger partial charge in [-0.25, -0.2) is 4.98 Å². The quantitative estimate of drug-likeness (QED) is 0.715. The zero-order valence-corrected chi connectivity index (χ0v) is 11.3. The summed E-state index contributed by atoms with van der Waals surface area (Å²) in [6.45, 7) is 4.26. The Bertz CT molecular complexity index is 370. The molecule has 2 nitrogen and oxygen atoms in total. The standard InChI is InChI=1S/C12H17ClN2S/c1-7-8(2)16-12(14-7)15-10-3-4-11(15)6-9(13)5-10/h9-11H,3-6H2,1-2H3. The zero-order valence-electron chi connectivity index (χ0n) is 9.74. The molecular weight excluding hydrogens is 240 g/mol. The van der Waals surface area contributed by atoms with E-state index < -0.39 is 0 Å². The van der Waals surface area contributed by atoms with Crippen LogP contribution in [-0.4, -0.2) is 22.4 Å². The highest BCUT2D eigenvalue weighted by Crippen LogP contribution is 2.42. The first kappa shape index (κ1) is 10.8. The van der Waals surface area contributed by atoms with Crippen LogP contribution in [0.25, 0.3) is 0 Å². The Hall–Kier alpha value is -0.280. The van der Waals surface area contributed by atoms with Crippen LogP contribution in [0.2, 0.25) is 0 Å². The SMILES string of the molecule is Cc1nc(N2C3CCC2CC(Cl)C3)sc1C. The van der Waals surface area contributed by atoms with Gasteiger partial charge in [-0.2, -0.15) is 0 Å². The van der Waals surface area contributed by atoms with Crippen LogP contribution < -0.4 is 4.90 Å². The van der Waals surface area contributed by atoms with Crippen molar-refractivity contribution < 1.29 is 0 Å². The molecule has 2 fully saturated rings. The summed E-state index contributed by atoms with van der Waals surface area (Å²) < 4.78 is 0. The average Bonchev–Trinajstić information content (AvgIpc) is 2.67. The molecule has 2 aliphatic rings. The van der Waals surface area contributed by atoms with Crippen LogP contribution in [0.1, 0.15) is 36.3 Å². The highest BCUT2D eigenvalue weighted by Gasteiger charge is 2.41. The smallest absolute Gasteiger partial charge is 0.186 e. The van der Waals surface area contributed by atoms with Crippen molar-refractivity contribution in [2.24, 2.45) is 0 Å². The van der Waals surface area contributed by atoms with Gasteiger partial charge in [-0.15, -0.1) is 22.9 Å². The van der Waals surface area contributed by atoms with Gasteiger partial charge in [0.25, 0.3) is 0 Å². The van der Waals surface area contributed by atoms with Gasteiger partial charge in [0.2, 0.25) is 0 Å². The number of aromatic nitrogens is 1. The summed E-state index contributed by atoms with van der Waals surface area (Å²) in [7, 11) is 0. The number of aryl methyl sites for hydroxylation is 2. The van der Waals surface area contributed by atoms with Gasteiger partial charge in [0, 0.05) is 22.3 Å². The summed E-state index contributed by atoms with van der Waals surface area (Å²) in [4.78, 5) is 8.60. The van der Waals surface area contributed by atoms with Crippen LogP contribution in [0.15, 0.2) is 0 Å². The molecule has 2 aliphatic heterocycles. The number of thiazole rings is 1. The van der Waals surface area contributed by atoms with Crippen molar-refractivity contribution in [2.45, 2.75) is 57.0 Å². The predicted molar refractivity (Wildman–Crippen MR) is 69.8 cm³/mol. The van der Waals surface area contributed by atoms with E-state index in [1.54, 1.807) is 0 Å². The van der Waals surface area contributed by atoms with Gasteiger partial charge in [-0.3, -0.25) is 0 Å². The van der Waals surface area contributed by atoms with Gasteiger partial charge in [0.15, 0.2) is 5.13 Å². The minimum Gasteiger partial charge on any atom is -0.342 e. The van der Waals surface area contributed by atoms with Crippen molar-refractivity contribution in [1.82, 2.24) is 4.98 Å². The summed E-state index contributed by atoms with van der Waals surface area (Å²) >= 11 is 8.13. The Balaban J connectivity index is 1.90. The molecule has 0 N–H and O–H groups in total. The lowest BCUT2D eigenvalue weighted by Crippen LogP contribution is -2.43. The third kappa shape index (κ3) is 1.65. The van der Waals surface area contributed by atoms with E-state index in [2.05, 4.69) is 18.7 Å². The molecule has 2 atom stereocenters. The van der Waals surface area contributed by atoms with E-state index in [0.29, 0.717) is 17.5 Å². The Morgan fingerprint density at radius 1 is 1.25 bits per heavy atom. The number of rotatable bonds is 1. The Labute approximate surface area is 106 Å². The van der Waals surface area contributed by atoms with Crippen molar-refractivity contribution in [3.05, 3.63) is 10.6 Å². The molecule has 2 unspecified atom stereocenters. The summed E-state index contributed by atoms with van der Waals surface area (Å²) in [5.74, 6) is 0. The van der Waals surface area contributed by atoms with Crippen molar-refractivity contribution in [1.29, 1.82) is 0 Å². The summed E-state index contributed by atoms with van der Waals surface area (Å²) in [6, 6.07) is 1.29. The lowest BCUT2D eigenvalue weighted by molar-refractivity contribution is 0.473. The number of anilines is 1. The minimum absolute atomic E-state index is 0.385. The van der Waals surface area contributed by atoms with Crippen molar-refractivity contribution in [2.75, 3.05) is 4.90 Å². The fourth-order valence-electron chi connectivity index (χ4n) is 2.99. The molecule has 0 amide bonds. The molecule has 4 heteroatoms. The van der Waals surface area contributed by atoms with E-state index >= 15 is 0 Å². The van der Waals surface area contributed by atoms with E-state index in [4.69, 9.17) is 16.6 Å². The van der Waals surface area contributed by atoms with Gasteiger partial charge in [-0.1, -0.05) is 0 Å². The van der Waals surface area contributed by atoms with E-state index in [-0.39, 0.29) is 0 Å². The molecule has 88 valence electrons. The first-order valence-corrected chi connectivity index (χ1v) is 7.27. The molecule has 0 spiro atoms. The van der Waals surface area contributed by atoms with Crippen LogP contribution in [-0.2, 0) is 0 Å². The van der Waals surface area contributed by atoms with Crippen LogP contribution >= 0.6 is 22.9 Å². The van der Waals surface area contributed by atoms with Crippen molar-refractivity contribution >= 4 is 28.1 Å². The summed E-state index contributed by atoms with van der Waals surface area (Å²) in [5.41, 5.74) is 1.19. The maximum atomic E-state index is 6.29. The lowest BCUT2D eigenvalue weighted by Gasteiger charge is -2.36. The Morgan fingerprint density at radius 3 is 2.38 bits per heavy atom. The first-order chi connectivity index (χ1) is 7.65. The molecule has 0 aromatic carbocycles. The van der Waals surface area contributed by atoms with E-state index in [9.17, 15) is 0 Å². The number of piperidine rings is 1. The van der Waals surface area contributed by atoms with Gasteiger partial charge < -0.3 is 4.90 Å². The fourth-order valence-corrected chi connectivity index (χ4v) is 4.45. The molecule has 1 aromatic rings. The number of halogens is 1. The maximum absolute atomic E-state index is 6.29. The number of hydrogen-bond donors (Lipinski definition) is 0. The van der Waals surface area contributed by atoms with E-state index in [1.165, 1.54) is 28.5 Å². The third-order valence-corrected chi connectivity index (χ3v) is 5.36. The average molecular weight is 257 g/mol. The minimum atomic E-state index is 0.385. The van der Waals surface area contributed by atoms with Crippen LogP contribution in [0.3, 0.4) is 0 Å². The van der Waals surface area contributed by atoms with Crippen molar-refractivity contribution in [3.8, 4) is 0 Å². The second-order valence-corrected chi connectivity index (χ2v) is 6.80. The maximum Gasteiger partial charge on any atom is 0.186 e. The molecule has 0 aliphatic carbocycles. The highest BCUT2D eigenvalue weighted by atomic mass is 35.5. The van der Waals surface area contributed by atoms with Crippen molar-refractivity contribution in [3.63, 3.8) is 0 Å². The normalized spacial score (nSPS) is 33.4. The molecule has 2 saturated heterocycles. The van der Waals surface area contributed by atoms with Gasteiger partial charge >= 0.3 is 0 Å². The Morgan fingerprint density at radius 2 is 1.88 bits per heavy atom. The predicted octanol–water partition coefficient (Wildman–Crippen LogP) is 3.50. The fraction of sp³-hybridized carbons (Fsp3) is 0.750. The van der Waals surface area contributed by atoms with E-state index in [0.717, 1.165) is 12.8 Å². The molecule has 3 rings (SSSR count). The number of fused-ring (bicyclic) bond motifs is 2. The molecule has 1 aromatic heterocycles. The molecule has 0 saturated carbocycles. The monoisotopic (exact) mass is 256 g/mol. The van der Waals surface area contributed by atoms with Crippen LogP contribution in [0, 0.1) is 13.8 Å². The number of hydrogen-bond acceptors (Lipinski definition) is 3. The highest BCUT2D eigenvalue weighted by molar-refractivity contribution is 7.15. The lowest BCUT2D eigenvalue weighted by atomic mass is 10.0. The molecule has 3 heterocycles. The summed E-state index contributed by atoms with van der Waals surface area (Å²) in [5, 5.41) is 1.61. The van der Waals surface area contributed by atoms with Crippen LogP contribution in [0.5, 0.6) is 0 Å².